The minimum Gasteiger partial charge on any atom is -0.381 e. The molecule has 1 aliphatic rings. The second-order valence-electron chi connectivity index (χ2n) is 4.68. The molecule has 112 valence electrons. The van der Waals surface area contributed by atoms with Crippen molar-refractivity contribution >= 4 is 23.5 Å². The van der Waals surface area contributed by atoms with Gasteiger partial charge in [0.2, 0.25) is 5.95 Å². The van der Waals surface area contributed by atoms with E-state index >= 15 is 0 Å². The second kappa shape index (κ2) is 6.72. The predicted octanol–water partition coefficient (Wildman–Crippen LogP) is 0.885. The number of hydrogen-bond donors (Lipinski definition) is 3. The van der Waals surface area contributed by atoms with Crippen molar-refractivity contribution in [2.24, 2.45) is 0 Å². The Balaban J connectivity index is 1.54. The van der Waals surface area contributed by atoms with E-state index in [1.165, 1.54) is 0 Å². The number of nitrogens with one attached hydrogen (secondary N) is 2. The molecule has 8 nitrogen and oxygen atoms in total. The van der Waals surface area contributed by atoms with Gasteiger partial charge in [0.15, 0.2) is 0 Å². The average molecular weight is 307 g/mol. The maximum atomic E-state index is 5.78. The molecular weight excluding hydrogens is 290 g/mol. The summed E-state index contributed by atoms with van der Waals surface area (Å²) in [6.07, 6.45) is 2.68. The summed E-state index contributed by atoms with van der Waals surface area (Å²) < 4.78 is 5.39. The lowest BCUT2D eigenvalue weighted by molar-refractivity contribution is 0.193. The lowest BCUT2D eigenvalue weighted by Gasteiger charge is -2.11. The quantitative estimate of drug-likeness (QED) is 0.532. The SMILES string of the molecule is Nc1nc(NCCSc2cn[nH]n2)cc([C@@H]2CCOC2)n1. The van der Waals surface area contributed by atoms with Gasteiger partial charge in [-0.1, -0.05) is 0 Å². The van der Waals surface area contributed by atoms with Crippen molar-refractivity contribution < 1.29 is 4.74 Å². The second-order valence-corrected chi connectivity index (χ2v) is 5.80. The van der Waals surface area contributed by atoms with Gasteiger partial charge in [-0.3, -0.25) is 0 Å². The maximum Gasteiger partial charge on any atom is 0.222 e. The summed E-state index contributed by atoms with van der Waals surface area (Å²) >= 11 is 1.62. The third-order valence-electron chi connectivity index (χ3n) is 3.16. The maximum absolute atomic E-state index is 5.78. The van der Waals surface area contributed by atoms with Gasteiger partial charge in [-0.15, -0.1) is 16.9 Å². The summed E-state index contributed by atoms with van der Waals surface area (Å²) in [6.45, 7) is 2.25. The van der Waals surface area contributed by atoms with Crippen molar-refractivity contribution in [3.63, 3.8) is 0 Å². The number of rotatable bonds is 6. The number of nitrogen functional groups attached to an aromatic ring is 1. The van der Waals surface area contributed by atoms with Crippen LogP contribution in [0.5, 0.6) is 0 Å². The molecule has 1 fully saturated rings. The van der Waals surface area contributed by atoms with Crippen LogP contribution in [0.2, 0.25) is 0 Å². The molecule has 2 aromatic rings. The number of thioether (sulfide) groups is 1. The standard InChI is InChI=1S/C12H17N7OS/c13-12-16-9(8-1-3-20-7-8)5-10(17-12)14-2-4-21-11-6-15-19-18-11/h5-6,8H,1-4,7H2,(H,15,18,19)(H3,13,14,16,17)/t8-/m1/s1. The van der Waals surface area contributed by atoms with Crippen LogP contribution in [0.4, 0.5) is 11.8 Å². The smallest absolute Gasteiger partial charge is 0.222 e. The van der Waals surface area contributed by atoms with Gasteiger partial charge in [0.25, 0.3) is 0 Å². The first-order valence-electron chi connectivity index (χ1n) is 6.76. The predicted molar refractivity (Wildman–Crippen MR) is 80.2 cm³/mol. The molecule has 0 bridgehead atoms. The first-order chi connectivity index (χ1) is 10.3. The molecular formula is C12H17N7OS. The lowest BCUT2D eigenvalue weighted by Crippen LogP contribution is -2.11. The molecule has 3 heterocycles. The Kier molecular flexibility index (Phi) is 4.51. The number of ether oxygens (including phenoxy) is 1. The molecule has 0 spiro atoms. The van der Waals surface area contributed by atoms with Crippen molar-refractivity contribution in [3.8, 4) is 0 Å². The third kappa shape index (κ3) is 3.82. The van der Waals surface area contributed by atoms with E-state index in [2.05, 4.69) is 30.7 Å². The number of nitrogens with two attached hydrogens (primary N) is 1. The summed E-state index contributed by atoms with van der Waals surface area (Å²) in [4.78, 5) is 8.51. The van der Waals surface area contributed by atoms with Gasteiger partial charge in [0.05, 0.1) is 18.5 Å². The van der Waals surface area contributed by atoms with Crippen LogP contribution in [0.3, 0.4) is 0 Å². The Labute approximate surface area is 126 Å². The Morgan fingerprint density at radius 2 is 2.43 bits per heavy atom. The van der Waals surface area contributed by atoms with Crippen LogP contribution < -0.4 is 11.1 Å². The summed E-state index contributed by atoms with van der Waals surface area (Å²) in [5, 5.41) is 14.5. The molecule has 2 aromatic heterocycles. The van der Waals surface area contributed by atoms with E-state index < -0.39 is 0 Å². The summed E-state index contributed by atoms with van der Waals surface area (Å²) in [6, 6.07) is 1.95. The largest absolute Gasteiger partial charge is 0.381 e. The van der Waals surface area contributed by atoms with Crippen molar-refractivity contribution in [2.75, 3.05) is 36.6 Å². The molecule has 9 heteroatoms. The van der Waals surface area contributed by atoms with Crippen LogP contribution in [-0.4, -0.2) is 50.9 Å². The van der Waals surface area contributed by atoms with Crippen LogP contribution in [0.1, 0.15) is 18.0 Å². The molecule has 0 saturated carbocycles. The van der Waals surface area contributed by atoms with Crippen LogP contribution in [-0.2, 0) is 4.74 Å². The van der Waals surface area contributed by atoms with Gasteiger partial charge >= 0.3 is 0 Å². The van der Waals surface area contributed by atoms with E-state index in [0.717, 1.165) is 41.9 Å². The Morgan fingerprint density at radius 3 is 3.19 bits per heavy atom. The summed E-state index contributed by atoms with van der Waals surface area (Å²) in [5.41, 5.74) is 6.73. The van der Waals surface area contributed by atoms with Gasteiger partial charge < -0.3 is 15.8 Å². The minimum atomic E-state index is 0.297. The van der Waals surface area contributed by atoms with E-state index in [9.17, 15) is 0 Å². The summed E-state index contributed by atoms with van der Waals surface area (Å²) in [5.74, 6) is 2.23. The third-order valence-corrected chi connectivity index (χ3v) is 4.06. The van der Waals surface area contributed by atoms with Crippen molar-refractivity contribution in [1.82, 2.24) is 25.4 Å². The molecule has 1 saturated heterocycles. The van der Waals surface area contributed by atoms with Crippen LogP contribution in [0.15, 0.2) is 17.3 Å². The number of nitrogens with zero attached hydrogens (tertiary/aromatic N) is 4. The van der Waals surface area contributed by atoms with Gasteiger partial charge in [-0.25, -0.2) is 4.98 Å². The van der Waals surface area contributed by atoms with E-state index in [1.54, 1.807) is 18.0 Å². The zero-order valence-corrected chi connectivity index (χ0v) is 12.3. The van der Waals surface area contributed by atoms with Crippen molar-refractivity contribution in [2.45, 2.75) is 17.4 Å². The fraction of sp³-hybridized carbons (Fsp3) is 0.500. The molecule has 21 heavy (non-hydrogen) atoms. The topological polar surface area (TPSA) is 115 Å². The Bertz CT molecular complexity index is 571. The molecule has 0 aromatic carbocycles. The molecule has 1 atom stereocenters. The lowest BCUT2D eigenvalue weighted by atomic mass is 10.0. The number of hydrogen-bond acceptors (Lipinski definition) is 8. The molecule has 0 amide bonds. The minimum absolute atomic E-state index is 0.297. The Hall–Kier alpha value is -1.87. The molecule has 1 aliphatic heterocycles. The normalized spacial score (nSPS) is 18.0. The highest BCUT2D eigenvalue weighted by molar-refractivity contribution is 7.99. The fourth-order valence-electron chi connectivity index (χ4n) is 2.15. The molecule has 4 N–H and O–H groups in total. The molecule has 0 aliphatic carbocycles. The van der Waals surface area contributed by atoms with E-state index in [-0.39, 0.29) is 0 Å². The number of anilines is 2. The molecule has 0 radical (unpaired) electrons. The zero-order chi connectivity index (χ0) is 14.5. The monoisotopic (exact) mass is 307 g/mol. The highest BCUT2D eigenvalue weighted by Crippen LogP contribution is 2.25. The number of H-pyrrole nitrogens is 1. The number of aromatic amines is 1. The first kappa shape index (κ1) is 14.1. The van der Waals surface area contributed by atoms with Crippen molar-refractivity contribution in [3.05, 3.63) is 18.0 Å². The molecule has 3 rings (SSSR count). The zero-order valence-electron chi connectivity index (χ0n) is 11.5. The van der Waals surface area contributed by atoms with E-state index in [0.29, 0.717) is 18.5 Å². The van der Waals surface area contributed by atoms with E-state index in [4.69, 9.17) is 10.5 Å². The van der Waals surface area contributed by atoms with Crippen LogP contribution in [0, 0.1) is 0 Å². The number of aromatic nitrogens is 5. The van der Waals surface area contributed by atoms with E-state index in [1.807, 2.05) is 6.07 Å². The highest BCUT2D eigenvalue weighted by atomic mass is 32.2. The Morgan fingerprint density at radius 1 is 1.48 bits per heavy atom. The van der Waals surface area contributed by atoms with Gasteiger partial charge in [-0.05, 0) is 6.42 Å². The highest BCUT2D eigenvalue weighted by Gasteiger charge is 2.20. The van der Waals surface area contributed by atoms with Gasteiger partial charge in [-0.2, -0.15) is 15.3 Å². The average Bonchev–Trinajstić information content (AvgIpc) is 3.16. The summed E-state index contributed by atoms with van der Waals surface area (Å²) in [7, 11) is 0. The van der Waals surface area contributed by atoms with Crippen LogP contribution >= 0.6 is 11.8 Å². The van der Waals surface area contributed by atoms with Crippen LogP contribution in [0.25, 0.3) is 0 Å². The van der Waals surface area contributed by atoms with Gasteiger partial charge in [0.1, 0.15) is 10.8 Å². The van der Waals surface area contributed by atoms with Gasteiger partial charge in [0, 0.05) is 30.9 Å². The fourth-order valence-corrected chi connectivity index (χ4v) is 2.79. The van der Waals surface area contributed by atoms with Crippen molar-refractivity contribution in [1.29, 1.82) is 0 Å². The first-order valence-corrected chi connectivity index (χ1v) is 7.74. The molecule has 0 unspecified atom stereocenters.